The number of amides is 1. The second-order valence-electron chi connectivity index (χ2n) is 8.00. The molecule has 1 aromatic heterocycles. The van der Waals surface area contributed by atoms with Crippen LogP contribution in [-0.2, 0) is 11.2 Å². The van der Waals surface area contributed by atoms with Crippen LogP contribution in [0.3, 0.4) is 0 Å². The minimum absolute atomic E-state index is 0.222. The minimum atomic E-state index is -0.447. The summed E-state index contributed by atoms with van der Waals surface area (Å²) >= 11 is 0. The van der Waals surface area contributed by atoms with Crippen LogP contribution in [0, 0.1) is 12.8 Å². The zero-order valence-electron chi connectivity index (χ0n) is 15.9. The van der Waals surface area contributed by atoms with Gasteiger partial charge in [-0.3, -0.25) is 0 Å². The molecule has 1 aliphatic rings. The topological polar surface area (TPSA) is 45.7 Å². The van der Waals surface area contributed by atoms with Crippen LogP contribution >= 0.6 is 0 Å². The van der Waals surface area contributed by atoms with E-state index in [2.05, 4.69) is 37.8 Å². The van der Waals surface area contributed by atoms with Crippen molar-refractivity contribution in [1.29, 1.82) is 0 Å². The summed E-state index contributed by atoms with van der Waals surface area (Å²) in [6.07, 6.45) is 0.769. The van der Waals surface area contributed by atoms with E-state index in [4.69, 9.17) is 9.72 Å². The predicted octanol–water partition coefficient (Wildman–Crippen LogP) is 3.65. The van der Waals surface area contributed by atoms with Gasteiger partial charge < -0.3 is 14.5 Å². The molecule has 0 aliphatic carbocycles. The number of nitrogens with zero attached hydrogens (tertiary/aromatic N) is 3. The van der Waals surface area contributed by atoms with Gasteiger partial charge in [0.2, 0.25) is 0 Å². The van der Waals surface area contributed by atoms with E-state index in [1.807, 2.05) is 20.8 Å². The SMILES string of the molecule is Cc1ccc(CC(C)C)nc1N1CCN(C(=O)OC(C)(C)C)CC1. The molecule has 0 saturated carbocycles. The quantitative estimate of drug-likeness (QED) is 0.847. The van der Waals surface area contributed by atoms with Gasteiger partial charge in [0.05, 0.1) is 0 Å². The molecule has 5 heteroatoms. The Morgan fingerprint density at radius 2 is 1.83 bits per heavy atom. The van der Waals surface area contributed by atoms with Crippen LogP contribution in [-0.4, -0.2) is 47.8 Å². The van der Waals surface area contributed by atoms with Gasteiger partial charge in [0.25, 0.3) is 0 Å². The van der Waals surface area contributed by atoms with Crippen LogP contribution in [0.25, 0.3) is 0 Å². The standard InChI is InChI=1S/C19H31N3O2/c1-14(2)13-16-8-7-15(3)17(20-16)21-9-11-22(12-10-21)18(23)24-19(4,5)6/h7-8,14H,9-13H2,1-6H3. The van der Waals surface area contributed by atoms with Gasteiger partial charge in [-0.15, -0.1) is 0 Å². The molecule has 0 bridgehead atoms. The van der Waals surface area contributed by atoms with Crippen LogP contribution in [0.5, 0.6) is 0 Å². The molecule has 0 aromatic carbocycles. The fourth-order valence-electron chi connectivity index (χ4n) is 2.84. The molecule has 1 aromatic rings. The van der Waals surface area contributed by atoms with Crippen molar-refractivity contribution >= 4 is 11.9 Å². The number of hydrogen-bond donors (Lipinski definition) is 0. The van der Waals surface area contributed by atoms with Crippen molar-refractivity contribution in [3.8, 4) is 0 Å². The number of piperazine rings is 1. The lowest BCUT2D eigenvalue weighted by Gasteiger charge is -2.36. The van der Waals surface area contributed by atoms with Crippen LogP contribution in [0.1, 0.15) is 45.9 Å². The second kappa shape index (κ2) is 7.41. The van der Waals surface area contributed by atoms with Gasteiger partial charge >= 0.3 is 6.09 Å². The minimum Gasteiger partial charge on any atom is -0.444 e. The number of aryl methyl sites for hydroxylation is 1. The van der Waals surface area contributed by atoms with Crippen molar-refractivity contribution < 1.29 is 9.53 Å². The number of pyridine rings is 1. The maximum atomic E-state index is 12.2. The van der Waals surface area contributed by atoms with Crippen LogP contribution in [0.4, 0.5) is 10.6 Å². The van der Waals surface area contributed by atoms with Crippen molar-refractivity contribution in [2.24, 2.45) is 5.92 Å². The fraction of sp³-hybridized carbons (Fsp3) is 0.684. The van der Waals surface area contributed by atoms with Gasteiger partial charge in [-0.2, -0.15) is 0 Å². The van der Waals surface area contributed by atoms with Crippen LogP contribution in [0.15, 0.2) is 12.1 Å². The molecule has 134 valence electrons. The Balaban J connectivity index is 2.00. The maximum absolute atomic E-state index is 12.2. The van der Waals surface area contributed by atoms with Crippen molar-refractivity contribution in [2.75, 3.05) is 31.1 Å². The molecule has 24 heavy (non-hydrogen) atoms. The number of anilines is 1. The lowest BCUT2D eigenvalue weighted by atomic mass is 10.1. The fourth-order valence-corrected chi connectivity index (χ4v) is 2.84. The largest absolute Gasteiger partial charge is 0.444 e. The van der Waals surface area contributed by atoms with E-state index in [9.17, 15) is 4.79 Å². The smallest absolute Gasteiger partial charge is 0.410 e. The second-order valence-corrected chi connectivity index (χ2v) is 8.00. The molecule has 1 aliphatic heterocycles. The molecule has 0 radical (unpaired) electrons. The Morgan fingerprint density at radius 3 is 2.38 bits per heavy atom. The first kappa shape index (κ1) is 18.6. The summed E-state index contributed by atoms with van der Waals surface area (Å²) in [5, 5.41) is 0. The lowest BCUT2D eigenvalue weighted by molar-refractivity contribution is 0.0240. The van der Waals surface area contributed by atoms with E-state index in [1.54, 1.807) is 4.90 Å². The third kappa shape index (κ3) is 5.11. The highest BCUT2D eigenvalue weighted by atomic mass is 16.6. The highest BCUT2D eigenvalue weighted by Gasteiger charge is 2.26. The Bertz CT molecular complexity index is 570. The summed E-state index contributed by atoms with van der Waals surface area (Å²) in [6, 6.07) is 4.27. The molecule has 2 rings (SSSR count). The Kier molecular flexibility index (Phi) is 5.73. The number of ether oxygens (including phenoxy) is 1. The third-order valence-electron chi connectivity index (χ3n) is 3.98. The summed E-state index contributed by atoms with van der Waals surface area (Å²) in [5.41, 5.74) is 1.88. The lowest BCUT2D eigenvalue weighted by Crippen LogP contribution is -2.50. The Labute approximate surface area is 146 Å². The van der Waals surface area contributed by atoms with E-state index < -0.39 is 5.60 Å². The number of aromatic nitrogens is 1. The van der Waals surface area contributed by atoms with Gasteiger partial charge in [-0.1, -0.05) is 19.9 Å². The van der Waals surface area contributed by atoms with E-state index in [0.29, 0.717) is 19.0 Å². The van der Waals surface area contributed by atoms with Crippen molar-refractivity contribution in [3.05, 3.63) is 23.4 Å². The number of hydrogen-bond acceptors (Lipinski definition) is 4. The van der Waals surface area contributed by atoms with E-state index >= 15 is 0 Å². The van der Waals surface area contributed by atoms with Gasteiger partial charge in [0.15, 0.2) is 0 Å². The average Bonchev–Trinajstić information content (AvgIpc) is 2.47. The summed E-state index contributed by atoms with van der Waals surface area (Å²) < 4.78 is 5.46. The molecule has 0 atom stereocenters. The Morgan fingerprint density at radius 1 is 1.21 bits per heavy atom. The normalized spacial score (nSPS) is 15.8. The average molecular weight is 333 g/mol. The van der Waals surface area contributed by atoms with Gasteiger partial charge in [-0.05, 0) is 51.7 Å². The summed E-state index contributed by atoms with van der Waals surface area (Å²) in [5.74, 6) is 1.65. The van der Waals surface area contributed by atoms with E-state index in [1.165, 1.54) is 5.56 Å². The first-order valence-electron chi connectivity index (χ1n) is 8.85. The van der Waals surface area contributed by atoms with Crippen molar-refractivity contribution in [2.45, 2.75) is 53.6 Å². The molecule has 5 nitrogen and oxygen atoms in total. The molecule has 2 heterocycles. The zero-order chi connectivity index (χ0) is 17.9. The van der Waals surface area contributed by atoms with Crippen molar-refractivity contribution in [1.82, 2.24) is 9.88 Å². The molecule has 1 amide bonds. The first-order valence-corrected chi connectivity index (χ1v) is 8.85. The molecular formula is C19H31N3O2. The summed E-state index contributed by atoms with van der Waals surface area (Å²) in [4.78, 5) is 21.1. The molecule has 1 saturated heterocycles. The molecule has 1 fully saturated rings. The highest BCUT2D eigenvalue weighted by Crippen LogP contribution is 2.21. The Hall–Kier alpha value is -1.78. The zero-order valence-corrected chi connectivity index (χ0v) is 15.9. The maximum Gasteiger partial charge on any atom is 0.410 e. The van der Waals surface area contributed by atoms with Crippen molar-refractivity contribution in [3.63, 3.8) is 0 Å². The molecule has 0 N–H and O–H groups in total. The third-order valence-corrected chi connectivity index (χ3v) is 3.98. The molecular weight excluding hydrogens is 302 g/mol. The molecule has 0 unspecified atom stereocenters. The number of carbonyl (C=O) groups is 1. The summed E-state index contributed by atoms with van der Waals surface area (Å²) in [6.45, 7) is 15.1. The van der Waals surface area contributed by atoms with Crippen LogP contribution in [0.2, 0.25) is 0 Å². The first-order chi connectivity index (χ1) is 11.2. The predicted molar refractivity (Wildman–Crippen MR) is 97.5 cm³/mol. The van der Waals surface area contributed by atoms with Crippen LogP contribution < -0.4 is 4.90 Å². The van der Waals surface area contributed by atoms with E-state index in [0.717, 1.165) is 31.0 Å². The van der Waals surface area contributed by atoms with E-state index in [-0.39, 0.29) is 6.09 Å². The number of carbonyl (C=O) groups excluding carboxylic acids is 1. The van der Waals surface area contributed by atoms with Gasteiger partial charge in [0, 0.05) is 31.9 Å². The monoisotopic (exact) mass is 333 g/mol. The number of rotatable bonds is 3. The van der Waals surface area contributed by atoms with Gasteiger partial charge in [0.1, 0.15) is 11.4 Å². The molecule has 0 spiro atoms. The highest BCUT2D eigenvalue weighted by molar-refractivity contribution is 5.68. The summed E-state index contributed by atoms with van der Waals surface area (Å²) in [7, 11) is 0. The van der Waals surface area contributed by atoms with Gasteiger partial charge in [-0.25, -0.2) is 9.78 Å².